The van der Waals surface area contributed by atoms with Crippen LogP contribution in [0.2, 0.25) is 0 Å². The van der Waals surface area contributed by atoms with E-state index in [1.807, 2.05) is 12.3 Å². The summed E-state index contributed by atoms with van der Waals surface area (Å²) < 4.78 is 1.17. The zero-order valence-electron chi connectivity index (χ0n) is 6.76. The molecule has 0 unspecified atom stereocenters. The van der Waals surface area contributed by atoms with Crippen LogP contribution in [-0.2, 0) is 6.42 Å². The number of rotatable bonds is 1. The van der Waals surface area contributed by atoms with Crippen molar-refractivity contribution in [1.29, 1.82) is 0 Å². The highest BCUT2D eigenvalue weighted by atomic mass is 79.9. The molecule has 1 N–H and O–H groups in total. The number of aromatic nitrogens is 2. The molecule has 0 saturated carbocycles. The number of benzene rings is 1. The highest BCUT2D eigenvalue weighted by Crippen LogP contribution is 2.25. The summed E-state index contributed by atoms with van der Waals surface area (Å²) >= 11 is 3.52. The van der Waals surface area contributed by atoms with E-state index in [2.05, 4.69) is 39.1 Å². The van der Waals surface area contributed by atoms with Gasteiger partial charge in [0.25, 0.3) is 0 Å². The van der Waals surface area contributed by atoms with Crippen LogP contribution in [0.5, 0.6) is 0 Å². The van der Waals surface area contributed by atoms with Gasteiger partial charge in [0.2, 0.25) is 0 Å². The molecule has 0 radical (unpaired) electrons. The van der Waals surface area contributed by atoms with Crippen LogP contribution >= 0.6 is 15.9 Å². The van der Waals surface area contributed by atoms with Gasteiger partial charge in [-0.1, -0.05) is 22.9 Å². The van der Waals surface area contributed by atoms with Crippen LogP contribution in [0.3, 0.4) is 0 Å². The van der Waals surface area contributed by atoms with E-state index in [1.54, 1.807) is 0 Å². The summed E-state index contributed by atoms with van der Waals surface area (Å²) in [5, 5.41) is 8.17. The van der Waals surface area contributed by atoms with Gasteiger partial charge in [0, 0.05) is 9.86 Å². The number of H-pyrrole nitrogens is 1. The summed E-state index contributed by atoms with van der Waals surface area (Å²) in [4.78, 5) is 0. The molecule has 0 saturated heterocycles. The summed E-state index contributed by atoms with van der Waals surface area (Å²) in [6.45, 7) is 2.15. The van der Waals surface area contributed by atoms with E-state index in [-0.39, 0.29) is 0 Å². The normalized spacial score (nSPS) is 10.8. The molecule has 0 bridgehead atoms. The maximum atomic E-state index is 4.01. The molecule has 0 fully saturated rings. The molecule has 62 valence electrons. The second kappa shape index (κ2) is 2.90. The van der Waals surface area contributed by atoms with Crippen LogP contribution in [-0.4, -0.2) is 10.2 Å². The molecule has 0 aliphatic rings. The van der Waals surface area contributed by atoms with Crippen molar-refractivity contribution in [3.63, 3.8) is 0 Å². The first-order chi connectivity index (χ1) is 5.83. The van der Waals surface area contributed by atoms with Gasteiger partial charge in [0.1, 0.15) is 0 Å². The van der Waals surface area contributed by atoms with E-state index in [0.717, 1.165) is 11.9 Å². The molecule has 0 spiro atoms. The molecule has 1 heterocycles. The van der Waals surface area contributed by atoms with Crippen molar-refractivity contribution < 1.29 is 0 Å². The average molecular weight is 225 g/mol. The van der Waals surface area contributed by atoms with Crippen LogP contribution in [0.1, 0.15) is 12.5 Å². The minimum Gasteiger partial charge on any atom is -0.278 e. The van der Waals surface area contributed by atoms with Gasteiger partial charge in [-0.3, -0.25) is 5.10 Å². The lowest BCUT2D eigenvalue weighted by Gasteiger charge is -2.01. The van der Waals surface area contributed by atoms with Crippen LogP contribution < -0.4 is 0 Å². The molecule has 0 atom stereocenters. The Morgan fingerprint density at radius 3 is 3.08 bits per heavy atom. The molecule has 2 nitrogen and oxygen atoms in total. The monoisotopic (exact) mass is 224 g/mol. The number of nitrogens with zero attached hydrogens (tertiary/aromatic N) is 1. The third-order valence-electron chi connectivity index (χ3n) is 2.03. The SMILES string of the molecule is CCc1c(Br)ccc2[nH]ncc12. The van der Waals surface area contributed by atoms with Crippen molar-refractivity contribution in [3.8, 4) is 0 Å². The van der Waals surface area contributed by atoms with Crippen molar-refractivity contribution in [2.24, 2.45) is 0 Å². The largest absolute Gasteiger partial charge is 0.278 e. The van der Waals surface area contributed by atoms with Crippen LogP contribution in [0, 0.1) is 0 Å². The van der Waals surface area contributed by atoms with Gasteiger partial charge in [0.05, 0.1) is 11.7 Å². The van der Waals surface area contributed by atoms with E-state index in [4.69, 9.17) is 0 Å². The fraction of sp³-hybridized carbons (Fsp3) is 0.222. The van der Waals surface area contributed by atoms with Gasteiger partial charge in [-0.25, -0.2) is 0 Å². The fourth-order valence-corrected chi connectivity index (χ4v) is 2.03. The van der Waals surface area contributed by atoms with E-state index >= 15 is 0 Å². The van der Waals surface area contributed by atoms with Gasteiger partial charge in [0.15, 0.2) is 0 Å². The first-order valence-corrected chi connectivity index (χ1v) is 4.72. The summed E-state index contributed by atoms with van der Waals surface area (Å²) in [5.41, 5.74) is 2.43. The van der Waals surface area contributed by atoms with Crippen LogP contribution in [0.4, 0.5) is 0 Å². The third kappa shape index (κ3) is 1.05. The number of nitrogens with one attached hydrogen (secondary N) is 1. The van der Waals surface area contributed by atoms with Gasteiger partial charge in [-0.05, 0) is 24.1 Å². The summed E-state index contributed by atoms with van der Waals surface area (Å²) in [6, 6.07) is 4.09. The Bertz CT molecular complexity index is 406. The lowest BCUT2D eigenvalue weighted by atomic mass is 10.1. The lowest BCUT2D eigenvalue weighted by Crippen LogP contribution is -1.83. The van der Waals surface area contributed by atoms with Crippen molar-refractivity contribution in [3.05, 3.63) is 28.4 Å². The molecule has 2 rings (SSSR count). The predicted molar refractivity (Wildman–Crippen MR) is 53.2 cm³/mol. The topological polar surface area (TPSA) is 28.7 Å². The number of hydrogen-bond acceptors (Lipinski definition) is 1. The Balaban J connectivity index is 2.83. The molecule has 1 aromatic carbocycles. The Morgan fingerprint density at radius 2 is 2.33 bits per heavy atom. The summed E-state index contributed by atoms with van der Waals surface area (Å²) in [6.07, 6.45) is 2.90. The molecule has 1 aromatic heterocycles. The molecule has 2 aromatic rings. The smallest absolute Gasteiger partial charge is 0.0653 e. The Hall–Kier alpha value is -0.830. The Kier molecular flexibility index (Phi) is 1.89. The van der Waals surface area contributed by atoms with Crippen molar-refractivity contribution >= 4 is 26.8 Å². The van der Waals surface area contributed by atoms with Crippen molar-refractivity contribution in [2.45, 2.75) is 13.3 Å². The lowest BCUT2D eigenvalue weighted by molar-refractivity contribution is 1.12. The van der Waals surface area contributed by atoms with Gasteiger partial charge in [-0.15, -0.1) is 0 Å². The standard InChI is InChI=1S/C9H9BrN2/c1-2-6-7-5-11-12-9(7)4-3-8(6)10/h3-5H,2H2,1H3,(H,11,12). The van der Waals surface area contributed by atoms with E-state index in [0.29, 0.717) is 0 Å². The van der Waals surface area contributed by atoms with Crippen molar-refractivity contribution in [1.82, 2.24) is 10.2 Å². The van der Waals surface area contributed by atoms with E-state index in [9.17, 15) is 0 Å². The maximum absolute atomic E-state index is 4.01. The highest BCUT2D eigenvalue weighted by molar-refractivity contribution is 9.10. The average Bonchev–Trinajstić information content (AvgIpc) is 2.52. The van der Waals surface area contributed by atoms with Gasteiger partial charge < -0.3 is 0 Å². The van der Waals surface area contributed by atoms with E-state index in [1.165, 1.54) is 15.4 Å². The minimum atomic E-state index is 1.03. The zero-order valence-corrected chi connectivity index (χ0v) is 8.35. The molecule has 0 amide bonds. The predicted octanol–water partition coefficient (Wildman–Crippen LogP) is 2.89. The second-order valence-corrected chi connectivity index (χ2v) is 3.57. The Labute approximate surface area is 79.1 Å². The van der Waals surface area contributed by atoms with Crippen LogP contribution in [0.25, 0.3) is 10.9 Å². The molecule has 0 aliphatic carbocycles. The minimum absolute atomic E-state index is 1.03. The third-order valence-corrected chi connectivity index (χ3v) is 2.78. The quantitative estimate of drug-likeness (QED) is 0.794. The first-order valence-electron chi connectivity index (χ1n) is 3.93. The molecule has 3 heteroatoms. The Morgan fingerprint density at radius 1 is 1.50 bits per heavy atom. The number of fused-ring (bicyclic) bond motifs is 1. The van der Waals surface area contributed by atoms with Crippen LogP contribution in [0.15, 0.2) is 22.8 Å². The highest BCUT2D eigenvalue weighted by Gasteiger charge is 2.04. The molecular weight excluding hydrogens is 216 g/mol. The number of halogens is 1. The summed E-state index contributed by atoms with van der Waals surface area (Å²) in [5.74, 6) is 0. The first kappa shape index (κ1) is 7.80. The molecular formula is C9H9BrN2. The molecule has 12 heavy (non-hydrogen) atoms. The van der Waals surface area contributed by atoms with Gasteiger partial charge in [-0.2, -0.15) is 5.10 Å². The second-order valence-electron chi connectivity index (χ2n) is 2.71. The maximum Gasteiger partial charge on any atom is 0.0653 e. The van der Waals surface area contributed by atoms with Gasteiger partial charge >= 0.3 is 0 Å². The zero-order chi connectivity index (χ0) is 8.55. The van der Waals surface area contributed by atoms with Crippen molar-refractivity contribution in [2.75, 3.05) is 0 Å². The van der Waals surface area contributed by atoms with E-state index < -0.39 is 0 Å². The number of aryl methyl sites for hydroxylation is 1. The fourth-order valence-electron chi connectivity index (χ4n) is 1.41. The number of hydrogen-bond donors (Lipinski definition) is 1. The molecule has 0 aliphatic heterocycles. The summed E-state index contributed by atoms with van der Waals surface area (Å²) in [7, 11) is 0. The number of aromatic amines is 1.